The van der Waals surface area contributed by atoms with Crippen molar-refractivity contribution in [2.75, 3.05) is 7.05 Å². The van der Waals surface area contributed by atoms with Gasteiger partial charge in [-0.25, -0.2) is 4.98 Å². The van der Waals surface area contributed by atoms with E-state index in [1.54, 1.807) is 24.1 Å². The predicted octanol–water partition coefficient (Wildman–Crippen LogP) is 4.45. The Labute approximate surface area is 161 Å². The normalized spacial score (nSPS) is 11.3. The number of rotatable bonds is 6. The summed E-state index contributed by atoms with van der Waals surface area (Å²) in [6.07, 6.45) is 2.96. The first-order valence-corrected chi connectivity index (χ1v) is 9.73. The number of carbonyl (C=O) groups excluding carboxylic acids is 1. The lowest BCUT2D eigenvalue weighted by atomic mass is 10.1. The summed E-state index contributed by atoms with van der Waals surface area (Å²) in [4.78, 5) is 19.0. The highest BCUT2D eigenvalue weighted by Gasteiger charge is 2.15. The second kappa shape index (κ2) is 7.44. The molecule has 2 aromatic carbocycles. The van der Waals surface area contributed by atoms with Gasteiger partial charge in [-0.3, -0.25) is 4.79 Å². The van der Waals surface area contributed by atoms with Crippen LogP contribution in [0.3, 0.4) is 0 Å². The van der Waals surface area contributed by atoms with Crippen molar-refractivity contribution in [3.63, 3.8) is 0 Å². The Kier molecular flexibility index (Phi) is 4.85. The number of fused-ring (bicyclic) bond motifs is 2. The van der Waals surface area contributed by atoms with E-state index >= 15 is 0 Å². The van der Waals surface area contributed by atoms with Gasteiger partial charge in [-0.05, 0) is 42.3 Å². The molecule has 0 spiro atoms. The number of amides is 1. The minimum Gasteiger partial charge on any atom is -0.441 e. The lowest BCUT2D eigenvalue weighted by Crippen LogP contribution is -2.26. The number of carbonyl (C=O) groups is 1. The van der Waals surface area contributed by atoms with Gasteiger partial charge in [0.05, 0.1) is 11.7 Å². The molecule has 0 atom stereocenters. The van der Waals surface area contributed by atoms with E-state index in [2.05, 4.69) is 20.7 Å². The van der Waals surface area contributed by atoms with Crippen LogP contribution in [-0.4, -0.2) is 31.6 Å². The lowest BCUT2D eigenvalue weighted by molar-refractivity contribution is 0.0785. The lowest BCUT2D eigenvalue weighted by Gasteiger charge is -2.17. The number of unbranched alkanes of at least 4 members (excludes halogenated alkanes) is 1. The van der Waals surface area contributed by atoms with Crippen LogP contribution < -0.4 is 0 Å². The average Bonchev–Trinajstić information content (AvgIpc) is 3.30. The molecule has 4 aromatic rings. The SMILES string of the molecule is CCCCc1nc2cc(C(=O)N(C)Cc3ccc4nsnc4c3)ccc2o1. The van der Waals surface area contributed by atoms with Crippen molar-refractivity contribution in [1.82, 2.24) is 18.6 Å². The highest BCUT2D eigenvalue weighted by molar-refractivity contribution is 7.00. The molecule has 2 heterocycles. The van der Waals surface area contributed by atoms with Crippen molar-refractivity contribution in [3.05, 3.63) is 53.4 Å². The fraction of sp³-hybridized carbons (Fsp3) is 0.300. The summed E-state index contributed by atoms with van der Waals surface area (Å²) < 4.78 is 14.2. The molecule has 0 saturated heterocycles. The van der Waals surface area contributed by atoms with Crippen LogP contribution in [0.1, 0.15) is 41.6 Å². The first kappa shape index (κ1) is 17.6. The molecule has 7 heteroatoms. The molecule has 0 aliphatic carbocycles. The van der Waals surface area contributed by atoms with Crippen molar-refractivity contribution in [1.29, 1.82) is 0 Å². The van der Waals surface area contributed by atoms with Crippen LogP contribution in [0.25, 0.3) is 22.1 Å². The third kappa shape index (κ3) is 3.68. The highest BCUT2D eigenvalue weighted by Crippen LogP contribution is 2.20. The molecule has 0 bridgehead atoms. The Morgan fingerprint density at radius 2 is 1.96 bits per heavy atom. The third-order valence-electron chi connectivity index (χ3n) is 4.51. The van der Waals surface area contributed by atoms with E-state index in [0.29, 0.717) is 12.1 Å². The van der Waals surface area contributed by atoms with Gasteiger partial charge in [-0.1, -0.05) is 19.4 Å². The Morgan fingerprint density at radius 3 is 2.81 bits per heavy atom. The van der Waals surface area contributed by atoms with Crippen LogP contribution in [0.4, 0.5) is 0 Å². The summed E-state index contributed by atoms with van der Waals surface area (Å²) in [5.74, 6) is 0.682. The standard InChI is InChI=1S/C20H20N4O2S/c1-3-4-5-19-21-17-11-14(7-9-18(17)26-19)20(25)24(2)12-13-6-8-15-16(10-13)23-27-22-15/h6-11H,3-5,12H2,1-2H3. The number of hydrogen-bond acceptors (Lipinski definition) is 6. The molecule has 0 saturated carbocycles. The van der Waals surface area contributed by atoms with Gasteiger partial charge >= 0.3 is 0 Å². The van der Waals surface area contributed by atoms with Crippen LogP contribution in [0, 0.1) is 0 Å². The number of oxazole rings is 1. The number of aryl methyl sites for hydroxylation is 1. The molecule has 0 radical (unpaired) electrons. The Morgan fingerprint density at radius 1 is 1.11 bits per heavy atom. The van der Waals surface area contributed by atoms with E-state index in [1.165, 1.54) is 11.7 Å². The summed E-state index contributed by atoms with van der Waals surface area (Å²) in [7, 11) is 1.80. The highest BCUT2D eigenvalue weighted by atomic mass is 32.1. The van der Waals surface area contributed by atoms with E-state index in [-0.39, 0.29) is 5.91 Å². The summed E-state index contributed by atoms with van der Waals surface area (Å²) in [5, 5.41) is 0. The second-order valence-electron chi connectivity index (χ2n) is 6.64. The third-order valence-corrected chi connectivity index (χ3v) is 5.06. The fourth-order valence-corrected chi connectivity index (χ4v) is 3.55. The minimum absolute atomic E-state index is 0.0495. The van der Waals surface area contributed by atoms with E-state index < -0.39 is 0 Å². The summed E-state index contributed by atoms with van der Waals surface area (Å²) in [6, 6.07) is 11.3. The molecule has 6 nitrogen and oxygen atoms in total. The molecule has 2 aromatic heterocycles. The zero-order valence-electron chi connectivity index (χ0n) is 15.3. The number of aromatic nitrogens is 3. The molecular formula is C20H20N4O2S. The topological polar surface area (TPSA) is 72.1 Å². The Balaban J connectivity index is 1.51. The Bertz CT molecular complexity index is 1100. The zero-order chi connectivity index (χ0) is 18.8. The zero-order valence-corrected chi connectivity index (χ0v) is 16.1. The van der Waals surface area contributed by atoms with Gasteiger partial charge in [-0.15, -0.1) is 0 Å². The smallest absolute Gasteiger partial charge is 0.253 e. The molecule has 0 N–H and O–H groups in total. The maximum absolute atomic E-state index is 12.8. The van der Waals surface area contributed by atoms with E-state index in [0.717, 1.165) is 52.8 Å². The molecule has 0 fully saturated rings. The van der Waals surface area contributed by atoms with Gasteiger partial charge in [0.15, 0.2) is 11.5 Å². The van der Waals surface area contributed by atoms with Gasteiger partial charge in [0, 0.05) is 25.6 Å². The first-order chi connectivity index (χ1) is 13.1. The second-order valence-corrected chi connectivity index (χ2v) is 7.17. The quantitative estimate of drug-likeness (QED) is 0.494. The fourth-order valence-electron chi connectivity index (χ4n) is 3.04. The molecule has 0 aliphatic heterocycles. The number of benzene rings is 2. The molecule has 0 aliphatic rings. The maximum Gasteiger partial charge on any atom is 0.253 e. The minimum atomic E-state index is -0.0495. The van der Waals surface area contributed by atoms with E-state index in [1.807, 2.05) is 24.3 Å². The molecular weight excluding hydrogens is 360 g/mol. The maximum atomic E-state index is 12.8. The van der Waals surface area contributed by atoms with Crippen molar-refractivity contribution < 1.29 is 9.21 Å². The summed E-state index contributed by atoms with van der Waals surface area (Å²) in [5.41, 5.74) is 4.83. The van der Waals surface area contributed by atoms with Crippen LogP contribution in [-0.2, 0) is 13.0 Å². The van der Waals surface area contributed by atoms with Crippen LogP contribution >= 0.6 is 11.7 Å². The van der Waals surface area contributed by atoms with Gasteiger partial charge in [0.2, 0.25) is 0 Å². The molecule has 1 amide bonds. The van der Waals surface area contributed by atoms with Crippen molar-refractivity contribution in [3.8, 4) is 0 Å². The molecule has 27 heavy (non-hydrogen) atoms. The molecule has 4 rings (SSSR count). The number of hydrogen-bond donors (Lipinski definition) is 0. The van der Waals surface area contributed by atoms with Gasteiger partial charge in [-0.2, -0.15) is 8.75 Å². The monoisotopic (exact) mass is 380 g/mol. The summed E-state index contributed by atoms with van der Waals surface area (Å²) in [6.45, 7) is 2.64. The van der Waals surface area contributed by atoms with Crippen molar-refractivity contribution in [2.24, 2.45) is 0 Å². The van der Waals surface area contributed by atoms with Gasteiger partial charge < -0.3 is 9.32 Å². The van der Waals surface area contributed by atoms with Gasteiger partial charge in [0.25, 0.3) is 5.91 Å². The van der Waals surface area contributed by atoms with E-state index in [9.17, 15) is 4.79 Å². The number of nitrogens with zero attached hydrogens (tertiary/aromatic N) is 4. The van der Waals surface area contributed by atoms with Crippen LogP contribution in [0.15, 0.2) is 40.8 Å². The van der Waals surface area contributed by atoms with Gasteiger partial charge in [0.1, 0.15) is 16.6 Å². The van der Waals surface area contributed by atoms with Crippen molar-refractivity contribution >= 4 is 39.8 Å². The average molecular weight is 380 g/mol. The van der Waals surface area contributed by atoms with Crippen LogP contribution in [0.2, 0.25) is 0 Å². The van der Waals surface area contributed by atoms with Crippen LogP contribution in [0.5, 0.6) is 0 Å². The molecule has 138 valence electrons. The van der Waals surface area contributed by atoms with Crippen molar-refractivity contribution in [2.45, 2.75) is 32.7 Å². The first-order valence-electron chi connectivity index (χ1n) is 9.00. The summed E-state index contributed by atoms with van der Waals surface area (Å²) >= 11 is 1.20. The largest absolute Gasteiger partial charge is 0.441 e. The Hall–Kier alpha value is -2.80. The molecule has 0 unspecified atom stereocenters. The predicted molar refractivity (Wildman–Crippen MR) is 106 cm³/mol. The van der Waals surface area contributed by atoms with E-state index in [4.69, 9.17) is 4.42 Å².